The molecular weight excluding hydrogens is 630 g/mol. The molecule has 2 fully saturated rings. The van der Waals surface area contributed by atoms with Gasteiger partial charge in [-0.2, -0.15) is 4.91 Å². The third-order valence-corrected chi connectivity index (χ3v) is 10.4. The van der Waals surface area contributed by atoms with Crippen molar-refractivity contribution in [2.75, 3.05) is 7.05 Å². The third-order valence-electron chi connectivity index (χ3n) is 10.4. The highest BCUT2D eigenvalue weighted by molar-refractivity contribution is 5.91. The molecule has 1 amide bonds. The monoisotopic (exact) mass is 685 g/mol. The summed E-state index contributed by atoms with van der Waals surface area (Å²) in [6.45, 7) is 14.1. The van der Waals surface area contributed by atoms with Gasteiger partial charge in [-0.05, 0) is 59.8 Å². The van der Waals surface area contributed by atoms with E-state index in [-0.39, 0.29) is 25.0 Å². The zero-order valence-electron chi connectivity index (χ0n) is 29.6. The van der Waals surface area contributed by atoms with Gasteiger partial charge >= 0.3 is 5.97 Å². The highest BCUT2D eigenvalue weighted by Crippen LogP contribution is 2.39. The summed E-state index contributed by atoms with van der Waals surface area (Å²) in [6, 6.07) is -0.428. The summed E-state index contributed by atoms with van der Waals surface area (Å²) < 4.78 is 23.1. The average molecular weight is 686 g/mol. The van der Waals surface area contributed by atoms with Gasteiger partial charge in [-0.25, -0.2) is 0 Å². The van der Waals surface area contributed by atoms with Crippen LogP contribution in [0.1, 0.15) is 90.9 Å². The van der Waals surface area contributed by atoms with Gasteiger partial charge < -0.3 is 49.2 Å². The van der Waals surface area contributed by atoms with Crippen LogP contribution in [0.2, 0.25) is 0 Å². The van der Waals surface area contributed by atoms with Crippen molar-refractivity contribution in [2.24, 2.45) is 28.8 Å². The van der Waals surface area contributed by atoms with E-state index in [1.165, 1.54) is 38.8 Å². The second-order valence-electron chi connectivity index (χ2n) is 14.6. The Labute approximate surface area is 281 Å². The molecule has 2 aliphatic rings. The molecule has 15 heteroatoms. The minimum Gasteiger partial charge on any atom is -0.459 e. The first-order valence-electron chi connectivity index (χ1n) is 16.7. The first-order chi connectivity index (χ1) is 22.2. The fraction of sp³-hybridized carbons (Fsp3) is 0.848. The van der Waals surface area contributed by atoms with Crippen LogP contribution in [0.5, 0.6) is 0 Å². The Hall–Kier alpha value is -2.53. The van der Waals surface area contributed by atoms with Crippen LogP contribution in [0.15, 0.2) is 15.8 Å². The van der Waals surface area contributed by atoms with Gasteiger partial charge in [0.15, 0.2) is 6.29 Å². The van der Waals surface area contributed by atoms with Crippen molar-refractivity contribution >= 4 is 11.9 Å². The molecule has 0 aliphatic carbocycles. The maximum atomic E-state index is 13.3. The van der Waals surface area contributed by atoms with Crippen LogP contribution in [0.3, 0.4) is 0 Å². The molecule has 274 valence electrons. The SMILES string of the molecule is CC[C@H]1OC(=O)[C@H](C)[C@@H](O)[C@H](C)[C@@H](O[C@@H]2O[C@H](C)C[C@H](N(C)C(=O)c3cc(C)no3)[C@H]2O)C(C)(O)C[C@@H](C)C(N=O)[C@H](C)[C@@H](O)[C@]1(C)O. The van der Waals surface area contributed by atoms with Gasteiger partial charge in [0, 0.05) is 24.9 Å². The summed E-state index contributed by atoms with van der Waals surface area (Å²) in [6.07, 6.45) is -8.61. The minimum absolute atomic E-state index is 0.0103. The number of esters is 1. The summed E-state index contributed by atoms with van der Waals surface area (Å²) in [5, 5.41) is 64.8. The lowest BCUT2D eigenvalue weighted by molar-refractivity contribution is -0.298. The topological polar surface area (TPSA) is 222 Å². The fourth-order valence-corrected chi connectivity index (χ4v) is 7.45. The molecule has 3 heterocycles. The van der Waals surface area contributed by atoms with Gasteiger partial charge in [0.2, 0.25) is 5.76 Å². The normalized spacial score (nSPS) is 43.6. The lowest BCUT2D eigenvalue weighted by Crippen LogP contribution is -2.61. The number of cyclic esters (lactones) is 1. The van der Waals surface area contributed by atoms with Crippen molar-refractivity contribution in [3.63, 3.8) is 0 Å². The second-order valence-corrected chi connectivity index (χ2v) is 14.6. The van der Waals surface area contributed by atoms with Crippen molar-refractivity contribution in [1.82, 2.24) is 10.1 Å². The lowest BCUT2D eigenvalue weighted by Gasteiger charge is -2.47. The maximum Gasteiger partial charge on any atom is 0.311 e. The Morgan fingerprint density at radius 2 is 1.73 bits per heavy atom. The van der Waals surface area contributed by atoms with E-state index in [0.717, 1.165) is 0 Å². The van der Waals surface area contributed by atoms with Crippen LogP contribution in [0.4, 0.5) is 0 Å². The molecule has 2 saturated heterocycles. The van der Waals surface area contributed by atoms with Crippen LogP contribution in [-0.4, -0.2) is 121 Å². The van der Waals surface area contributed by atoms with Gasteiger partial charge in [-0.15, -0.1) is 0 Å². The number of hydrogen-bond donors (Lipinski definition) is 5. The number of ether oxygens (including phenoxy) is 3. The Balaban J connectivity index is 2.02. The van der Waals surface area contributed by atoms with Crippen molar-refractivity contribution < 1.29 is 53.9 Å². The Morgan fingerprint density at radius 3 is 2.27 bits per heavy atom. The molecule has 0 bridgehead atoms. The Bertz CT molecular complexity index is 1260. The van der Waals surface area contributed by atoms with Gasteiger partial charge in [-0.1, -0.05) is 38.0 Å². The molecule has 2 unspecified atom stereocenters. The number of carbonyl (C=O) groups is 2. The Morgan fingerprint density at radius 1 is 1.10 bits per heavy atom. The largest absolute Gasteiger partial charge is 0.459 e. The number of aliphatic hydroxyl groups is 5. The van der Waals surface area contributed by atoms with E-state index in [2.05, 4.69) is 10.3 Å². The number of carbonyl (C=O) groups excluding carboxylic acids is 2. The predicted octanol–water partition coefficient (Wildman–Crippen LogP) is 1.93. The number of nitrogens with zero attached hydrogens (tertiary/aromatic N) is 3. The number of amides is 1. The first kappa shape index (κ1) is 39.9. The van der Waals surface area contributed by atoms with E-state index < -0.39 is 102 Å². The minimum atomic E-state index is -1.97. The van der Waals surface area contributed by atoms with Gasteiger partial charge in [-0.3, -0.25) is 9.59 Å². The smallest absolute Gasteiger partial charge is 0.311 e. The number of hydrogen-bond acceptors (Lipinski definition) is 14. The molecule has 48 heavy (non-hydrogen) atoms. The molecular formula is C33H55N3O12. The molecule has 0 spiro atoms. The van der Waals surface area contributed by atoms with Crippen molar-refractivity contribution in [3.8, 4) is 0 Å². The molecule has 0 radical (unpaired) electrons. The van der Waals surface area contributed by atoms with E-state index in [0.29, 0.717) is 5.69 Å². The summed E-state index contributed by atoms with van der Waals surface area (Å²) in [5.41, 5.74) is -3.30. The zero-order valence-corrected chi connectivity index (χ0v) is 29.6. The standard InChI is InChI=1S/C33H55N3O12/c1-11-23-33(9,43)27(39)18(5)24(34-44)15(2)14-32(8,42)28(19(6)25(37)20(7)30(41)46-23)47-31-26(38)21(13-17(4)45-31)36(10)29(40)22-12-16(3)35-48-22/h12,15,17-21,23-28,31,37-39,42-43H,11,13-14H2,1-10H3/t15-,17-,18+,19+,20-,21+,23-,24?,25+,26-,27-,28-,31+,32?,33-/m1/s1. The van der Waals surface area contributed by atoms with Crippen LogP contribution >= 0.6 is 0 Å². The van der Waals surface area contributed by atoms with E-state index in [1.807, 2.05) is 0 Å². The molecule has 0 saturated carbocycles. The molecule has 0 aromatic carbocycles. The van der Waals surface area contributed by atoms with Crippen LogP contribution in [0, 0.1) is 35.5 Å². The number of aryl methyl sites for hydroxylation is 1. The average Bonchev–Trinajstić information content (AvgIpc) is 3.46. The zero-order chi connectivity index (χ0) is 36.5. The second kappa shape index (κ2) is 15.6. The van der Waals surface area contributed by atoms with E-state index >= 15 is 0 Å². The van der Waals surface area contributed by atoms with Gasteiger partial charge in [0.05, 0.1) is 53.7 Å². The van der Waals surface area contributed by atoms with Crippen molar-refractivity contribution in [1.29, 1.82) is 0 Å². The van der Waals surface area contributed by atoms with Gasteiger partial charge in [0.25, 0.3) is 5.91 Å². The number of rotatable bonds is 6. The summed E-state index contributed by atoms with van der Waals surface area (Å²) in [4.78, 5) is 40.1. The molecule has 15 nitrogen and oxygen atoms in total. The molecule has 1 aromatic heterocycles. The molecule has 5 N–H and O–H groups in total. The van der Waals surface area contributed by atoms with E-state index in [9.17, 15) is 40.0 Å². The molecule has 3 rings (SSSR count). The number of aromatic nitrogens is 1. The highest BCUT2D eigenvalue weighted by atomic mass is 16.7. The van der Waals surface area contributed by atoms with Crippen molar-refractivity contribution in [2.45, 2.75) is 148 Å². The quantitative estimate of drug-likeness (QED) is 0.214. The molecule has 2 aliphatic heterocycles. The van der Waals surface area contributed by atoms with Crippen LogP contribution < -0.4 is 0 Å². The number of aliphatic hydroxyl groups excluding tert-OH is 3. The molecule has 1 aromatic rings. The summed E-state index contributed by atoms with van der Waals surface area (Å²) in [7, 11) is 1.51. The first-order valence-corrected chi connectivity index (χ1v) is 16.7. The highest BCUT2D eigenvalue weighted by Gasteiger charge is 2.52. The Kier molecular flexibility index (Phi) is 12.9. The molecule has 15 atom stereocenters. The third kappa shape index (κ3) is 8.25. The number of nitroso groups, excluding NO2 is 1. The number of likely N-dealkylation sites (N-methyl/N-ethyl adjacent to an activating group) is 1. The fourth-order valence-electron chi connectivity index (χ4n) is 7.45. The maximum absolute atomic E-state index is 13.3. The van der Waals surface area contributed by atoms with E-state index in [4.69, 9.17) is 18.7 Å². The van der Waals surface area contributed by atoms with Crippen LogP contribution in [0.25, 0.3) is 0 Å². The lowest BCUT2D eigenvalue weighted by atomic mass is 9.72. The summed E-state index contributed by atoms with van der Waals surface area (Å²) >= 11 is 0. The van der Waals surface area contributed by atoms with Crippen molar-refractivity contribution in [3.05, 3.63) is 22.4 Å². The predicted molar refractivity (Wildman–Crippen MR) is 171 cm³/mol. The summed E-state index contributed by atoms with van der Waals surface area (Å²) in [5.74, 6) is -5.17. The van der Waals surface area contributed by atoms with E-state index in [1.54, 1.807) is 41.5 Å². The van der Waals surface area contributed by atoms with Gasteiger partial charge in [0.1, 0.15) is 17.8 Å². The van der Waals surface area contributed by atoms with Crippen LogP contribution in [-0.2, 0) is 19.0 Å².